The second-order valence-corrected chi connectivity index (χ2v) is 5.63. The van der Waals surface area contributed by atoms with E-state index in [0.717, 1.165) is 21.3 Å². The van der Waals surface area contributed by atoms with Gasteiger partial charge in [0.05, 0.1) is 27.3 Å². The molecular weight excluding hydrogens is 268 g/mol. The van der Waals surface area contributed by atoms with Crippen LogP contribution in [0.3, 0.4) is 0 Å². The number of nitriles is 1. The summed E-state index contributed by atoms with van der Waals surface area (Å²) in [5, 5.41) is 14.4. The Balaban J connectivity index is 2.18. The average molecular weight is 278 g/mol. The van der Waals surface area contributed by atoms with Gasteiger partial charge in [-0.1, -0.05) is 0 Å². The molecule has 2 aromatic rings. The maximum atomic E-state index is 11.3. The molecule has 7 heteroatoms. The zero-order chi connectivity index (χ0) is 13.1. The van der Waals surface area contributed by atoms with E-state index in [1.807, 2.05) is 19.2 Å². The van der Waals surface area contributed by atoms with Gasteiger partial charge in [-0.2, -0.15) is 5.26 Å². The zero-order valence-corrected chi connectivity index (χ0v) is 11.5. The average Bonchev–Trinajstić information content (AvgIpc) is 2.85. The molecule has 1 amide bonds. The molecule has 0 atom stereocenters. The highest BCUT2D eigenvalue weighted by molar-refractivity contribution is 7.16. The van der Waals surface area contributed by atoms with Crippen LogP contribution in [0.25, 0.3) is 10.6 Å². The van der Waals surface area contributed by atoms with Crippen molar-refractivity contribution in [2.45, 2.75) is 20.3 Å². The van der Waals surface area contributed by atoms with Crippen LogP contribution in [0, 0.1) is 25.2 Å². The van der Waals surface area contributed by atoms with Crippen LogP contribution in [0.15, 0.2) is 5.38 Å². The molecule has 0 saturated heterocycles. The minimum absolute atomic E-state index is 0.159. The van der Waals surface area contributed by atoms with Crippen LogP contribution < -0.4 is 5.32 Å². The molecule has 18 heavy (non-hydrogen) atoms. The molecule has 2 heterocycles. The number of nitrogens with one attached hydrogen (secondary N) is 1. The molecule has 0 aliphatic rings. The first-order valence-corrected chi connectivity index (χ1v) is 6.86. The van der Waals surface area contributed by atoms with Gasteiger partial charge in [0.15, 0.2) is 5.13 Å². The van der Waals surface area contributed by atoms with Crippen molar-refractivity contribution in [3.8, 4) is 16.6 Å². The van der Waals surface area contributed by atoms with Crippen molar-refractivity contribution in [3.05, 3.63) is 16.1 Å². The Morgan fingerprint density at radius 1 is 1.50 bits per heavy atom. The summed E-state index contributed by atoms with van der Waals surface area (Å²) in [6.45, 7) is 3.88. The van der Waals surface area contributed by atoms with Crippen LogP contribution in [-0.4, -0.2) is 15.9 Å². The first-order valence-electron chi connectivity index (χ1n) is 5.17. The van der Waals surface area contributed by atoms with E-state index < -0.39 is 0 Å². The number of carbonyl (C=O) groups is 1. The molecule has 92 valence electrons. The number of carbonyl (C=O) groups excluding carboxylic acids is 1. The SMILES string of the molecule is Cc1nc(C)c(-c2csc(NC(=O)CC#N)n2)s1. The van der Waals surface area contributed by atoms with E-state index in [2.05, 4.69) is 15.3 Å². The number of anilines is 1. The number of amides is 1. The summed E-state index contributed by atoms with van der Waals surface area (Å²) in [6.07, 6.45) is -0.159. The Bertz CT molecular complexity index is 623. The fraction of sp³-hybridized carbons (Fsp3) is 0.273. The van der Waals surface area contributed by atoms with Crippen molar-refractivity contribution in [2.24, 2.45) is 0 Å². The van der Waals surface area contributed by atoms with Crippen molar-refractivity contribution in [3.63, 3.8) is 0 Å². The van der Waals surface area contributed by atoms with E-state index in [4.69, 9.17) is 5.26 Å². The van der Waals surface area contributed by atoms with Gasteiger partial charge in [0.2, 0.25) is 5.91 Å². The van der Waals surface area contributed by atoms with Crippen molar-refractivity contribution in [1.82, 2.24) is 9.97 Å². The Kier molecular flexibility index (Phi) is 3.69. The van der Waals surface area contributed by atoms with Crippen LogP contribution in [0.1, 0.15) is 17.1 Å². The third kappa shape index (κ3) is 2.72. The first-order chi connectivity index (χ1) is 8.60. The van der Waals surface area contributed by atoms with Crippen LogP contribution >= 0.6 is 22.7 Å². The van der Waals surface area contributed by atoms with Gasteiger partial charge in [-0.05, 0) is 13.8 Å². The first kappa shape index (κ1) is 12.7. The molecular formula is C11H10N4OS2. The Morgan fingerprint density at radius 2 is 2.28 bits per heavy atom. The quantitative estimate of drug-likeness (QED) is 0.936. The highest BCUT2D eigenvalue weighted by atomic mass is 32.1. The zero-order valence-electron chi connectivity index (χ0n) is 9.85. The number of aromatic nitrogens is 2. The molecule has 2 aromatic heterocycles. The van der Waals surface area contributed by atoms with E-state index in [9.17, 15) is 4.79 Å². The number of thiazole rings is 2. The van der Waals surface area contributed by atoms with E-state index in [0.29, 0.717) is 5.13 Å². The predicted octanol–water partition coefficient (Wildman–Crippen LogP) is 2.74. The van der Waals surface area contributed by atoms with Gasteiger partial charge < -0.3 is 5.32 Å². The summed E-state index contributed by atoms with van der Waals surface area (Å²) in [6, 6.07) is 1.80. The molecule has 0 aliphatic carbocycles. The highest BCUT2D eigenvalue weighted by Gasteiger charge is 2.12. The van der Waals surface area contributed by atoms with E-state index >= 15 is 0 Å². The van der Waals surface area contributed by atoms with E-state index in [1.54, 1.807) is 17.4 Å². The van der Waals surface area contributed by atoms with Gasteiger partial charge in [-0.3, -0.25) is 4.79 Å². The molecule has 0 bridgehead atoms. The minimum atomic E-state index is -0.337. The molecule has 5 nitrogen and oxygen atoms in total. The van der Waals surface area contributed by atoms with E-state index in [1.165, 1.54) is 11.3 Å². The molecule has 0 radical (unpaired) electrons. The van der Waals surface area contributed by atoms with Gasteiger partial charge in [-0.25, -0.2) is 9.97 Å². The lowest BCUT2D eigenvalue weighted by Gasteiger charge is -1.95. The highest BCUT2D eigenvalue weighted by Crippen LogP contribution is 2.31. The monoisotopic (exact) mass is 278 g/mol. The Morgan fingerprint density at radius 3 is 2.89 bits per heavy atom. The number of nitrogens with zero attached hydrogens (tertiary/aromatic N) is 3. The second kappa shape index (κ2) is 5.25. The van der Waals surface area contributed by atoms with Gasteiger partial charge in [0.1, 0.15) is 6.42 Å². The predicted molar refractivity (Wildman–Crippen MR) is 71.6 cm³/mol. The van der Waals surface area contributed by atoms with Crippen LogP contribution in [0.5, 0.6) is 0 Å². The molecule has 0 aromatic carbocycles. The van der Waals surface area contributed by atoms with Crippen molar-refractivity contribution >= 4 is 33.7 Å². The smallest absolute Gasteiger partial charge is 0.240 e. The molecule has 0 aliphatic heterocycles. The van der Waals surface area contributed by atoms with E-state index in [-0.39, 0.29) is 12.3 Å². The van der Waals surface area contributed by atoms with Gasteiger partial charge >= 0.3 is 0 Å². The summed E-state index contributed by atoms with van der Waals surface area (Å²) < 4.78 is 0. The third-order valence-corrected chi connectivity index (χ3v) is 3.98. The molecule has 1 N–H and O–H groups in total. The number of hydrogen-bond acceptors (Lipinski definition) is 6. The topological polar surface area (TPSA) is 78.7 Å². The minimum Gasteiger partial charge on any atom is -0.301 e. The fourth-order valence-electron chi connectivity index (χ4n) is 1.44. The maximum absolute atomic E-state index is 11.3. The Labute approximate surface area is 112 Å². The summed E-state index contributed by atoms with van der Waals surface area (Å²) in [7, 11) is 0. The van der Waals surface area contributed by atoms with Crippen LogP contribution in [0.4, 0.5) is 5.13 Å². The lowest BCUT2D eigenvalue weighted by atomic mass is 10.3. The fourth-order valence-corrected chi connectivity index (χ4v) is 3.11. The van der Waals surface area contributed by atoms with Crippen LogP contribution in [0.2, 0.25) is 0 Å². The number of rotatable bonds is 3. The molecule has 0 spiro atoms. The molecule has 2 rings (SSSR count). The molecule has 0 fully saturated rings. The normalized spacial score (nSPS) is 10.1. The van der Waals surface area contributed by atoms with Gasteiger partial charge in [0, 0.05) is 5.38 Å². The summed E-state index contributed by atoms with van der Waals surface area (Å²) in [5.74, 6) is -0.337. The lowest BCUT2D eigenvalue weighted by Crippen LogP contribution is -2.09. The van der Waals surface area contributed by atoms with Crippen molar-refractivity contribution < 1.29 is 4.79 Å². The number of aryl methyl sites for hydroxylation is 2. The number of hydrogen-bond donors (Lipinski definition) is 1. The van der Waals surface area contributed by atoms with Crippen molar-refractivity contribution in [1.29, 1.82) is 5.26 Å². The summed E-state index contributed by atoms with van der Waals surface area (Å²) in [5.41, 5.74) is 1.76. The van der Waals surface area contributed by atoms with Crippen molar-refractivity contribution in [2.75, 3.05) is 5.32 Å². The van der Waals surface area contributed by atoms with Crippen LogP contribution in [-0.2, 0) is 4.79 Å². The maximum Gasteiger partial charge on any atom is 0.240 e. The largest absolute Gasteiger partial charge is 0.301 e. The summed E-state index contributed by atoms with van der Waals surface area (Å²) >= 11 is 2.92. The molecule has 0 unspecified atom stereocenters. The molecule has 0 saturated carbocycles. The lowest BCUT2D eigenvalue weighted by molar-refractivity contribution is -0.115. The van der Waals surface area contributed by atoms with Gasteiger partial charge in [-0.15, -0.1) is 22.7 Å². The summed E-state index contributed by atoms with van der Waals surface area (Å²) in [4.78, 5) is 20.9. The Hall–Kier alpha value is -1.78. The second-order valence-electron chi connectivity index (χ2n) is 3.57. The standard InChI is InChI=1S/C11H10N4OS2/c1-6-10(18-7(2)13-6)8-5-17-11(14-8)15-9(16)3-4-12/h5H,3H2,1-2H3,(H,14,15,16). The third-order valence-electron chi connectivity index (χ3n) is 2.13. The van der Waals surface area contributed by atoms with Gasteiger partial charge in [0.25, 0.3) is 0 Å².